The van der Waals surface area contributed by atoms with Crippen molar-refractivity contribution in [2.45, 2.75) is 19.9 Å². The van der Waals surface area contributed by atoms with Crippen LogP contribution >= 0.6 is 0 Å². The molecule has 0 aliphatic rings. The van der Waals surface area contributed by atoms with E-state index < -0.39 is 0 Å². The Balaban J connectivity index is 1.82. The minimum absolute atomic E-state index is 0.0935. The van der Waals surface area contributed by atoms with Gasteiger partial charge in [0.05, 0.1) is 0 Å². The molecule has 0 spiro atoms. The molecule has 2 aromatic carbocycles. The topological polar surface area (TPSA) is 41.5 Å². The summed E-state index contributed by atoms with van der Waals surface area (Å²) >= 11 is 0. The van der Waals surface area contributed by atoms with Gasteiger partial charge in [-0.15, -0.1) is 0 Å². The molecule has 0 amide bonds. The van der Waals surface area contributed by atoms with Crippen LogP contribution in [0.2, 0.25) is 0 Å². The lowest BCUT2D eigenvalue weighted by Gasteiger charge is -2.16. The third-order valence-electron chi connectivity index (χ3n) is 3.27. The molecule has 0 bridgehead atoms. The Kier molecular flexibility index (Phi) is 5.17. The van der Waals surface area contributed by atoms with E-state index in [1.807, 2.05) is 38.1 Å². The van der Waals surface area contributed by atoms with E-state index >= 15 is 0 Å². The predicted molar refractivity (Wildman–Crippen MR) is 81.2 cm³/mol. The fourth-order valence-electron chi connectivity index (χ4n) is 2.13. The number of hydrogen-bond donors (Lipinski definition) is 2. The maximum absolute atomic E-state index is 13.2. The minimum atomic E-state index is -0.354. The third-order valence-corrected chi connectivity index (χ3v) is 3.27. The fourth-order valence-corrected chi connectivity index (χ4v) is 2.13. The Bertz CT molecular complexity index is 601. The molecular formula is C17H20FNO2. The van der Waals surface area contributed by atoms with Crippen molar-refractivity contribution in [1.29, 1.82) is 0 Å². The zero-order valence-corrected chi connectivity index (χ0v) is 12.3. The van der Waals surface area contributed by atoms with E-state index in [9.17, 15) is 9.50 Å². The van der Waals surface area contributed by atoms with E-state index in [1.54, 1.807) is 0 Å². The van der Waals surface area contributed by atoms with Gasteiger partial charge >= 0.3 is 0 Å². The first-order chi connectivity index (χ1) is 10.1. The molecule has 4 heteroatoms. The van der Waals surface area contributed by atoms with Crippen molar-refractivity contribution >= 4 is 0 Å². The first-order valence-corrected chi connectivity index (χ1v) is 6.97. The third kappa shape index (κ3) is 4.46. The van der Waals surface area contributed by atoms with Crippen LogP contribution in [0.1, 0.15) is 24.1 Å². The van der Waals surface area contributed by atoms with Crippen molar-refractivity contribution in [2.24, 2.45) is 0 Å². The van der Waals surface area contributed by atoms with Crippen LogP contribution < -0.4 is 10.1 Å². The van der Waals surface area contributed by atoms with Crippen molar-refractivity contribution in [3.05, 3.63) is 59.4 Å². The molecule has 0 aliphatic carbocycles. The van der Waals surface area contributed by atoms with Gasteiger partial charge in [-0.05, 0) is 49.7 Å². The van der Waals surface area contributed by atoms with Crippen LogP contribution in [0.3, 0.4) is 0 Å². The van der Waals surface area contributed by atoms with Gasteiger partial charge in [0.25, 0.3) is 0 Å². The summed E-state index contributed by atoms with van der Waals surface area (Å²) in [6, 6.07) is 11.6. The summed E-state index contributed by atoms with van der Waals surface area (Å²) in [6.45, 7) is 5.00. The second kappa shape index (κ2) is 7.09. The van der Waals surface area contributed by atoms with Gasteiger partial charge < -0.3 is 15.2 Å². The number of aryl methyl sites for hydroxylation is 1. The van der Waals surface area contributed by atoms with E-state index in [1.165, 1.54) is 18.2 Å². The maximum atomic E-state index is 13.2. The largest absolute Gasteiger partial charge is 0.508 e. The van der Waals surface area contributed by atoms with Crippen LogP contribution in [0, 0.1) is 12.7 Å². The van der Waals surface area contributed by atoms with Crippen LogP contribution in [0.5, 0.6) is 11.5 Å². The second-order valence-electron chi connectivity index (χ2n) is 5.04. The quantitative estimate of drug-likeness (QED) is 0.799. The zero-order chi connectivity index (χ0) is 15.2. The molecule has 112 valence electrons. The number of phenols is 1. The highest BCUT2D eigenvalue weighted by Gasteiger charge is 2.10. The Morgan fingerprint density at radius 2 is 2.05 bits per heavy atom. The molecule has 2 rings (SSSR count). The SMILES string of the molecule is Cc1cccc(OCCNC(C)c2cc(F)ccc2O)c1. The molecule has 2 aromatic rings. The van der Waals surface area contributed by atoms with Gasteiger partial charge in [-0.25, -0.2) is 4.39 Å². The van der Waals surface area contributed by atoms with Crippen LogP contribution in [0.4, 0.5) is 4.39 Å². The average Bonchev–Trinajstić information content (AvgIpc) is 2.46. The first-order valence-electron chi connectivity index (χ1n) is 6.97. The van der Waals surface area contributed by atoms with Gasteiger partial charge in [0, 0.05) is 18.2 Å². The molecule has 2 N–H and O–H groups in total. The number of rotatable bonds is 6. The number of aromatic hydroxyl groups is 1. The molecule has 0 aromatic heterocycles. The summed E-state index contributed by atoms with van der Waals surface area (Å²) in [7, 11) is 0. The standard InChI is InChI=1S/C17H20FNO2/c1-12-4-3-5-15(10-12)21-9-8-19-13(2)16-11-14(18)6-7-17(16)20/h3-7,10-11,13,19-20H,8-9H2,1-2H3. The van der Waals surface area contributed by atoms with E-state index in [0.29, 0.717) is 18.7 Å². The van der Waals surface area contributed by atoms with Gasteiger partial charge in [-0.3, -0.25) is 0 Å². The lowest BCUT2D eigenvalue weighted by Crippen LogP contribution is -2.24. The molecule has 3 nitrogen and oxygen atoms in total. The van der Waals surface area contributed by atoms with Gasteiger partial charge in [-0.1, -0.05) is 12.1 Å². The first kappa shape index (κ1) is 15.3. The number of halogens is 1. The van der Waals surface area contributed by atoms with Crippen LogP contribution in [0.25, 0.3) is 0 Å². The van der Waals surface area contributed by atoms with E-state index in [0.717, 1.165) is 11.3 Å². The minimum Gasteiger partial charge on any atom is -0.508 e. The zero-order valence-electron chi connectivity index (χ0n) is 12.3. The molecule has 0 aliphatic heterocycles. The summed E-state index contributed by atoms with van der Waals surface area (Å²) in [6.07, 6.45) is 0. The Labute approximate surface area is 124 Å². The normalized spacial score (nSPS) is 12.1. The van der Waals surface area contributed by atoms with Gasteiger partial charge in [0.1, 0.15) is 23.9 Å². The molecule has 0 radical (unpaired) electrons. The fraction of sp³-hybridized carbons (Fsp3) is 0.294. The van der Waals surface area contributed by atoms with Crippen molar-refractivity contribution in [3.63, 3.8) is 0 Å². The van der Waals surface area contributed by atoms with Crippen molar-refractivity contribution in [2.75, 3.05) is 13.2 Å². The highest BCUT2D eigenvalue weighted by Crippen LogP contribution is 2.24. The van der Waals surface area contributed by atoms with Crippen LogP contribution in [-0.2, 0) is 0 Å². The summed E-state index contributed by atoms with van der Waals surface area (Å²) in [5.74, 6) is 0.571. The van der Waals surface area contributed by atoms with Gasteiger partial charge in [0.15, 0.2) is 0 Å². The molecule has 0 saturated carbocycles. The van der Waals surface area contributed by atoms with Crippen molar-refractivity contribution in [3.8, 4) is 11.5 Å². The van der Waals surface area contributed by atoms with Gasteiger partial charge in [-0.2, -0.15) is 0 Å². The van der Waals surface area contributed by atoms with E-state index in [-0.39, 0.29) is 17.6 Å². The molecule has 1 atom stereocenters. The molecule has 0 heterocycles. The molecule has 21 heavy (non-hydrogen) atoms. The highest BCUT2D eigenvalue weighted by atomic mass is 19.1. The molecule has 0 saturated heterocycles. The Morgan fingerprint density at radius 3 is 2.81 bits per heavy atom. The Hall–Kier alpha value is -2.07. The monoisotopic (exact) mass is 289 g/mol. The number of phenolic OH excluding ortho intramolecular Hbond substituents is 1. The number of nitrogens with one attached hydrogen (secondary N) is 1. The summed E-state index contributed by atoms with van der Waals surface area (Å²) in [5.41, 5.74) is 1.70. The van der Waals surface area contributed by atoms with Crippen molar-refractivity contribution < 1.29 is 14.2 Å². The summed E-state index contributed by atoms with van der Waals surface area (Å²) in [4.78, 5) is 0. The number of benzene rings is 2. The number of ether oxygens (including phenoxy) is 1. The highest BCUT2D eigenvalue weighted by molar-refractivity contribution is 5.34. The summed E-state index contributed by atoms with van der Waals surface area (Å²) < 4.78 is 18.8. The van der Waals surface area contributed by atoms with Crippen molar-refractivity contribution in [1.82, 2.24) is 5.32 Å². The average molecular weight is 289 g/mol. The molecular weight excluding hydrogens is 269 g/mol. The second-order valence-corrected chi connectivity index (χ2v) is 5.04. The predicted octanol–water partition coefficient (Wildman–Crippen LogP) is 3.57. The van der Waals surface area contributed by atoms with E-state index in [2.05, 4.69) is 5.32 Å². The van der Waals surface area contributed by atoms with Gasteiger partial charge in [0.2, 0.25) is 0 Å². The summed E-state index contributed by atoms with van der Waals surface area (Å²) in [5, 5.41) is 12.9. The molecule has 0 fully saturated rings. The maximum Gasteiger partial charge on any atom is 0.123 e. The molecule has 1 unspecified atom stereocenters. The van der Waals surface area contributed by atoms with E-state index in [4.69, 9.17) is 4.74 Å². The Morgan fingerprint density at radius 1 is 1.24 bits per heavy atom. The number of hydrogen-bond acceptors (Lipinski definition) is 3. The lowest BCUT2D eigenvalue weighted by atomic mass is 10.1. The van der Waals surface area contributed by atoms with Crippen LogP contribution in [0.15, 0.2) is 42.5 Å². The van der Waals surface area contributed by atoms with Crippen LogP contribution in [-0.4, -0.2) is 18.3 Å². The lowest BCUT2D eigenvalue weighted by molar-refractivity contribution is 0.306. The smallest absolute Gasteiger partial charge is 0.123 e.